The molecule has 1 saturated heterocycles. The third-order valence-corrected chi connectivity index (χ3v) is 5.65. The second-order valence-corrected chi connectivity index (χ2v) is 7.81. The van der Waals surface area contributed by atoms with E-state index in [4.69, 9.17) is 9.47 Å². The van der Waals surface area contributed by atoms with Crippen molar-refractivity contribution in [2.75, 3.05) is 26.9 Å². The predicted octanol–water partition coefficient (Wildman–Crippen LogP) is 4.50. The molecule has 2 aromatic rings. The molecule has 0 aromatic heterocycles. The van der Waals surface area contributed by atoms with Gasteiger partial charge in [0, 0.05) is 19.2 Å². The summed E-state index contributed by atoms with van der Waals surface area (Å²) in [6, 6.07) is 14.1. The van der Waals surface area contributed by atoms with Crippen LogP contribution in [0.4, 0.5) is 0 Å². The van der Waals surface area contributed by atoms with E-state index in [0.29, 0.717) is 17.9 Å². The van der Waals surface area contributed by atoms with Crippen molar-refractivity contribution in [1.82, 2.24) is 4.90 Å². The molecule has 2 aromatic carbocycles. The number of Topliss-reactive ketones (excluding diaryl/α,β-unsaturated/α-hetero) is 1. The lowest BCUT2D eigenvalue weighted by atomic mass is 9.94. The van der Waals surface area contributed by atoms with Gasteiger partial charge in [0.2, 0.25) is 0 Å². The molecule has 1 amide bonds. The van der Waals surface area contributed by atoms with E-state index in [9.17, 15) is 14.7 Å². The van der Waals surface area contributed by atoms with Crippen LogP contribution < -0.4 is 4.74 Å². The van der Waals surface area contributed by atoms with Gasteiger partial charge in [0.1, 0.15) is 11.5 Å². The van der Waals surface area contributed by atoms with Crippen LogP contribution in [0.3, 0.4) is 0 Å². The molecular weight excluding hydrogens is 406 g/mol. The van der Waals surface area contributed by atoms with Gasteiger partial charge < -0.3 is 19.5 Å². The topological polar surface area (TPSA) is 76.1 Å². The molecule has 170 valence electrons. The van der Waals surface area contributed by atoms with E-state index in [-0.39, 0.29) is 24.5 Å². The minimum Gasteiger partial charge on any atom is -0.507 e. The largest absolute Gasteiger partial charge is 0.507 e. The molecule has 0 aliphatic carbocycles. The first kappa shape index (κ1) is 23.5. The minimum absolute atomic E-state index is 0.0843. The van der Waals surface area contributed by atoms with Gasteiger partial charge in [-0.25, -0.2) is 0 Å². The molecule has 6 heteroatoms. The number of aliphatic hydroxyl groups is 1. The van der Waals surface area contributed by atoms with Crippen LogP contribution in [-0.2, 0) is 20.7 Å². The number of amides is 1. The highest BCUT2D eigenvalue weighted by Crippen LogP contribution is 2.39. The van der Waals surface area contributed by atoms with Crippen LogP contribution >= 0.6 is 0 Å². The van der Waals surface area contributed by atoms with Crippen molar-refractivity contribution in [3.05, 3.63) is 70.8 Å². The molecule has 0 saturated carbocycles. The van der Waals surface area contributed by atoms with Crippen molar-refractivity contribution >= 4 is 17.4 Å². The van der Waals surface area contributed by atoms with E-state index in [1.54, 1.807) is 25.3 Å². The van der Waals surface area contributed by atoms with Gasteiger partial charge in [0.25, 0.3) is 11.7 Å². The number of ketones is 1. The molecule has 1 atom stereocenters. The van der Waals surface area contributed by atoms with Crippen LogP contribution in [0.5, 0.6) is 5.75 Å². The lowest BCUT2D eigenvalue weighted by molar-refractivity contribution is -0.140. The second-order valence-electron chi connectivity index (χ2n) is 7.81. The Morgan fingerprint density at radius 2 is 1.81 bits per heavy atom. The average molecular weight is 438 g/mol. The summed E-state index contributed by atoms with van der Waals surface area (Å²) < 4.78 is 10.9. The van der Waals surface area contributed by atoms with Gasteiger partial charge in [-0.2, -0.15) is 0 Å². The van der Waals surface area contributed by atoms with Crippen LogP contribution in [-0.4, -0.2) is 48.6 Å². The van der Waals surface area contributed by atoms with E-state index >= 15 is 0 Å². The molecule has 0 spiro atoms. The molecular formula is C26H31NO5. The number of methoxy groups -OCH3 is 1. The molecule has 1 unspecified atom stereocenters. The first-order valence-electron chi connectivity index (χ1n) is 11.1. The lowest BCUT2D eigenvalue weighted by Gasteiger charge is -2.25. The van der Waals surface area contributed by atoms with Gasteiger partial charge in [-0.05, 0) is 36.1 Å². The number of carbonyl (C=O) groups is 2. The monoisotopic (exact) mass is 437 g/mol. The van der Waals surface area contributed by atoms with Crippen molar-refractivity contribution in [3.63, 3.8) is 0 Å². The quantitative estimate of drug-likeness (QED) is 0.256. The highest BCUT2D eigenvalue weighted by atomic mass is 16.5. The third kappa shape index (κ3) is 5.02. The standard InChI is InChI=1S/C26H31NO5/c1-4-6-15-32-21-9-7-8-20(17-21)24(28)22-23(19-12-10-18(5-2)11-13-19)27(14-16-31-3)26(30)25(22)29/h7-13,17,23,28H,4-6,14-16H2,1-3H3. The molecule has 6 nitrogen and oxygen atoms in total. The number of ether oxygens (including phenoxy) is 2. The number of benzene rings is 2. The average Bonchev–Trinajstić information content (AvgIpc) is 3.07. The third-order valence-electron chi connectivity index (χ3n) is 5.65. The summed E-state index contributed by atoms with van der Waals surface area (Å²) in [7, 11) is 1.55. The Bertz CT molecular complexity index is 980. The Labute approximate surface area is 189 Å². The molecule has 1 fully saturated rings. The number of aliphatic hydroxyl groups excluding tert-OH is 1. The smallest absolute Gasteiger partial charge is 0.295 e. The molecule has 1 heterocycles. The summed E-state index contributed by atoms with van der Waals surface area (Å²) in [6.07, 6.45) is 2.82. The van der Waals surface area contributed by atoms with E-state index in [1.165, 1.54) is 4.90 Å². The second kappa shape index (κ2) is 11.0. The molecule has 3 rings (SSSR count). The molecule has 1 aliphatic heterocycles. The maximum atomic E-state index is 13.0. The van der Waals surface area contributed by atoms with Gasteiger partial charge in [-0.3, -0.25) is 9.59 Å². The first-order chi connectivity index (χ1) is 15.5. The SMILES string of the molecule is CCCCOc1cccc(C(O)=C2C(=O)C(=O)N(CCOC)C2c2ccc(CC)cc2)c1. The maximum Gasteiger partial charge on any atom is 0.295 e. The first-order valence-corrected chi connectivity index (χ1v) is 11.1. The number of rotatable bonds is 10. The number of nitrogens with zero attached hydrogens (tertiary/aromatic N) is 1. The number of carbonyl (C=O) groups excluding carboxylic acids is 2. The Kier molecular flexibility index (Phi) is 8.06. The Hall–Kier alpha value is -3.12. The number of aryl methyl sites for hydroxylation is 1. The van der Waals surface area contributed by atoms with E-state index in [2.05, 4.69) is 13.8 Å². The molecule has 32 heavy (non-hydrogen) atoms. The fraction of sp³-hybridized carbons (Fsp3) is 0.385. The predicted molar refractivity (Wildman–Crippen MR) is 124 cm³/mol. The zero-order valence-electron chi connectivity index (χ0n) is 19.0. The summed E-state index contributed by atoms with van der Waals surface area (Å²) in [5, 5.41) is 11.2. The Morgan fingerprint density at radius 1 is 1.06 bits per heavy atom. The van der Waals surface area contributed by atoms with Crippen LogP contribution in [0.1, 0.15) is 49.4 Å². The van der Waals surface area contributed by atoms with Crippen molar-refractivity contribution in [1.29, 1.82) is 0 Å². The van der Waals surface area contributed by atoms with Crippen LogP contribution in [0.15, 0.2) is 54.1 Å². The number of likely N-dealkylation sites (tertiary alicyclic amines) is 1. The van der Waals surface area contributed by atoms with Gasteiger partial charge in [0.05, 0.1) is 24.8 Å². The normalized spacial score (nSPS) is 17.7. The van der Waals surface area contributed by atoms with Gasteiger partial charge in [-0.15, -0.1) is 0 Å². The van der Waals surface area contributed by atoms with Crippen molar-refractivity contribution < 1.29 is 24.2 Å². The Balaban J connectivity index is 2.05. The van der Waals surface area contributed by atoms with Gasteiger partial charge in [0.15, 0.2) is 0 Å². The zero-order chi connectivity index (χ0) is 23.1. The van der Waals surface area contributed by atoms with E-state index in [1.807, 2.05) is 30.3 Å². The van der Waals surface area contributed by atoms with Crippen molar-refractivity contribution in [2.45, 2.75) is 39.2 Å². The van der Waals surface area contributed by atoms with Crippen molar-refractivity contribution in [2.24, 2.45) is 0 Å². The van der Waals surface area contributed by atoms with E-state index in [0.717, 1.165) is 30.4 Å². The highest BCUT2D eigenvalue weighted by molar-refractivity contribution is 6.46. The number of unbranched alkanes of at least 4 members (excludes halogenated alkanes) is 1. The summed E-state index contributed by atoms with van der Waals surface area (Å²) in [5.41, 5.74) is 2.45. The lowest BCUT2D eigenvalue weighted by Crippen LogP contribution is -2.32. The molecule has 0 radical (unpaired) electrons. The summed E-state index contributed by atoms with van der Waals surface area (Å²) in [4.78, 5) is 27.3. The van der Waals surface area contributed by atoms with Crippen molar-refractivity contribution in [3.8, 4) is 5.75 Å². The molecule has 0 bridgehead atoms. The van der Waals surface area contributed by atoms with Crippen LogP contribution in [0, 0.1) is 0 Å². The fourth-order valence-electron chi connectivity index (χ4n) is 3.81. The fourth-order valence-corrected chi connectivity index (χ4v) is 3.81. The van der Waals surface area contributed by atoms with Gasteiger partial charge in [-0.1, -0.05) is 56.7 Å². The van der Waals surface area contributed by atoms with Crippen LogP contribution in [0.25, 0.3) is 5.76 Å². The van der Waals surface area contributed by atoms with Gasteiger partial charge >= 0.3 is 0 Å². The minimum atomic E-state index is -0.694. The number of hydrogen-bond donors (Lipinski definition) is 1. The number of hydrogen-bond acceptors (Lipinski definition) is 5. The maximum absolute atomic E-state index is 13.0. The molecule has 1 N–H and O–H groups in total. The Morgan fingerprint density at radius 3 is 2.47 bits per heavy atom. The summed E-state index contributed by atoms with van der Waals surface area (Å²) in [5.74, 6) is -0.919. The summed E-state index contributed by atoms with van der Waals surface area (Å²) in [6.45, 7) is 5.26. The zero-order valence-corrected chi connectivity index (χ0v) is 19.0. The van der Waals surface area contributed by atoms with Crippen LogP contribution in [0.2, 0.25) is 0 Å². The summed E-state index contributed by atoms with van der Waals surface area (Å²) >= 11 is 0. The van der Waals surface area contributed by atoms with E-state index < -0.39 is 17.7 Å². The highest BCUT2D eigenvalue weighted by Gasteiger charge is 2.45. The molecule has 1 aliphatic rings.